The van der Waals surface area contributed by atoms with Gasteiger partial charge in [0.2, 0.25) is 0 Å². The van der Waals surface area contributed by atoms with Crippen LogP contribution in [0.1, 0.15) is 34.0 Å². The van der Waals surface area contributed by atoms with Gasteiger partial charge in [-0.25, -0.2) is 0 Å². The van der Waals surface area contributed by atoms with Crippen molar-refractivity contribution in [1.29, 1.82) is 0 Å². The maximum absolute atomic E-state index is 13.8. The van der Waals surface area contributed by atoms with E-state index in [4.69, 9.17) is 0 Å². The third kappa shape index (κ3) is 5.19. The lowest BCUT2D eigenvalue weighted by Gasteiger charge is -2.39. The minimum absolute atomic E-state index is 0.0465. The molecule has 0 bridgehead atoms. The maximum atomic E-state index is 13.8. The third-order valence-corrected chi connectivity index (χ3v) is 6.56. The highest BCUT2D eigenvalue weighted by Gasteiger charge is 2.31. The Kier molecular flexibility index (Phi) is 7.28. The first-order chi connectivity index (χ1) is 16.0. The second-order valence-electron chi connectivity index (χ2n) is 8.88. The molecular weight excluding hydrogens is 414 g/mol. The fraction of sp³-hybridized carbons (Fsp3) is 0.370. The zero-order valence-corrected chi connectivity index (χ0v) is 19.4. The molecule has 1 fully saturated rings. The number of pyridine rings is 1. The molecule has 0 saturated carbocycles. The van der Waals surface area contributed by atoms with Crippen molar-refractivity contribution < 1.29 is 10.2 Å². The number of hydrogen-bond donors (Lipinski definition) is 2. The minimum Gasteiger partial charge on any atom is -0.507 e. The Hall–Kier alpha value is -2.93. The van der Waals surface area contributed by atoms with Crippen LogP contribution in [0.4, 0.5) is 0 Å². The van der Waals surface area contributed by atoms with Crippen molar-refractivity contribution in [3.05, 3.63) is 99.0 Å². The maximum Gasteiger partial charge on any atom is 0.259 e. The molecule has 1 aromatic heterocycles. The average molecular weight is 448 g/mol. The number of piperazine rings is 1. The summed E-state index contributed by atoms with van der Waals surface area (Å²) in [5.74, 6) is 0.0465. The molecule has 6 heteroatoms. The van der Waals surface area contributed by atoms with E-state index < -0.39 is 0 Å². The molecule has 33 heavy (non-hydrogen) atoms. The summed E-state index contributed by atoms with van der Waals surface area (Å²) in [5, 5.41) is 20.3. The largest absolute Gasteiger partial charge is 0.507 e. The van der Waals surface area contributed by atoms with E-state index in [0.29, 0.717) is 18.7 Å². The summed E-state index contributed by atoms with van der Waals surface area (Å²) >= 11 is 0. The van der Waals surface area contributed by atoms with E-state index in [2.05, 4.69) is 34.1 Å². The molecule has 0 unspecified atom stereocenters. The highest BCUT2D eigenvalue weighted by Crippen LogP contribution is 2.33. The third-order valence-electron chi connectivity index (χ3n) is 6.56. The molecule has 6 nitrogen and oxygen atoms in total. The normalized spacial score (nSPS) is 16.1. The van der Waals surface area contributed by atoms with Gasteiger partial charge >= 0.3 is 0 Å². The van der Waals surface area contributed by atoms with Crippen molar-refractivity contribution in [2.24, 2.45) is 0 Å². The molecule has 0 spiro atoms. The number of aromatic nitrogens is 1. The van der Waals surface area contributed by atoms with E-state index in [9.17, 15) is 15.0 Å². The molecule has 0 amide bonds. The van der Waals surface area contributed by atoms with Crippen LogP contribution in [0.5, 0.6) is 5.75 Å². The van der Waals surface area contributed by atoms with Crippen molar-refractivity contribution in [3.63, 3.8) is 0 Å². The van der Waals surface area contributed by atoms with Crippen LogP contribution >= 0.6 is 0 Å². The molecule has 174 valence electrons. The topological polar surface area (TPSA) is 68.9 Å². The van der Waals surface area contributed by atoms with Crippen LogP contribution in [0.25, 0.3) is 0 Å². The van der Waals surface area contributed by atoms with E-state index in [-0.39, 0.29) is 24.0 Å². The van der Waals surface area contributed by atoms with Crippen molar-refractivity contribution >= 4 is 0 Å². The van der Waals surface area contributed by atoms with Crippen LogP contribution in [-0.4, -0.2) is 63.9 Å². The molecule has 0 aliphatic carbocycles. The Morgan fingerprint density at radius 2 is 1.61 bits per heavy atom. The zero-order valence-electron chi connectivity index (χ0n) is 19.4. The number of aryl methyl sites for hydroxylation is 2. The second-order valence-corrected chi connectivity index (χ2v) is 8.88. The summed E-state index contributed by atoms with van der Waals surface area (Å²) in [6.07, 6.45) is 0. The van der Waals surface area contributed by atoms with Gasteiger partial charge in [-0.2, -0.15) is 0 Å². The molecular formula is C27H33N3O3. The lowest BCUT2D eigenvalue weighted by Crippen LogP contribution is -2.49. The van der Waals surface area contributed by atoms with Gasteiger partial charge in [0, 0.05) is 38.4 Å². The van der Waals surface area contributed by atoms with Gasteiger partial charge in [0.15, 0.2) is 0 Å². The number of aliphatic hydroxyl groups is 1. The Morgan fingerprint density at radius 1 is 0.939 bits per heavy atom. The van der Waals surface area contributed by atoms with Gasteiger partial charge in [-0.05, 0) is 31.0 Å². The van der Waals surface area contributed by atoms with Crippen molar-refractivity contribution in [2.45, 2.75) is 26.4 Å². The van der Waals surface area contributed by atoms with Crippen LogP contribution < -0.4 is 5.56 Å². The average Bonchev–Trinajstić information content (AvgIpc) is 2.82. The predicted octanol–water partition coefficient (Wildman–Crippen LogP) is 2.92. The minimum atomic E-state index is -0.336. The highest BCUT2D eigenvalue weighted by atomic mass is 16.3. The summed E-state index contributed by atoms with van der Waals surface area (Å²) in [4.78, 5) is 18.3. The van der Waals surface area contributed by atoms with Gasteiger partial charge in [0.05, 0.1) is 24.8 Å². The Balaban J connectivity index is 1.77. The van der Waals surface area contributed by atoms with Gasteiger partial charge in [-0.3, -0.25) is 14.6 Å². The van der Waals surface area contributed by atoms with Gasteiger partial charge < -0.3 is 14.8 Å². The first kappa shape index (κ1) is 23.2. The summed E-state index contributed by atoms with van der Waals surface area (Å²) in [7, 11) is 0. The molecule has 4 rings (SSSR count). The number of benzene rings is 2. The monoisotopic (exact) mass is 447 g/mol. The van der Waals surface area contributed by atoms with Crippen LogP contribution in [0.15, 0.2) is 65.5 Å². The standard InChI is InChI=1S/C27H33N3O3/c1-20-8-10-23(11-9-20)26(29-14-12-28(13-15-29)16-17-31)25-24(32)18-21(2)30(27(25)33)19-22-6-4-3-5-7-22/h3-11,18,26,31-32H,12-17,19H2,1-2H3/t26-/m1/s1. The number of hydrogen-bond acceptors (Lipinski definition) is 5. The number of β-amino-alcohol motifs (C(OH)–C–C–N with tert-alkyl or cyclic N) is 1. The van der Waals surface area contributed by atoms with Gasteiger partial charge in [0.25, 0.3) is 5.56 Å². The summed E-state index contributed by atoms with van der Waals surface area (Å²) < 4.78 is 1.76. The lowest BCUT2D eigenvalue weighted by molar-refractivity contribution is 0.0932. The fourth-order valence-corrected chi connectivity index (χ4v) is 4.68. The van der Waals surface area contributed by atoms with Gasteiger partial charge in [-0.1, -0.05) is 60.2 Å². The van der Waals surface area contributed by atoms with Gasteiger partial charge in [0.1, 0.15) is 5.75 Å². The molecule has 2 heterocycles. The predicted molar refractivity (Wildman–Crippen MR) is 131 cm³/mol. The number of nitrogens with zero attached hydrogens (tertiary/aromatic N) is 3. The fourth-order valence-electron chi connectivity index (χ4n) is 4.68. The summed E-state index contributed by atoms with van der Waals surface area (Å²) in [5.41, 5.74) is 4.21. The summed E-state index contributed by atoms with van der Waals surface area (Å²) in [6.45, 7) is 8.30. The van der Waals surface area contributed by atoms with Crippen molar-refractivity contribution in [1.82, 2.24) is 14.4 Å². The van der Waals surface area contributed by atoms with E-state index in [1.165, 1.54) is 0 Å². The molecule has 1 aliphatic heterocycles. The molecule has 2 aromatic carbocycles. The first-order valence-corrected chi connectivity index (χ1v) is 11.6. The SMILES string of the molecule is Cc1ccc([C@H](c2c(O)cc(C)n(Cc3ccccc3)c2=O)N2CCN(CCO)CC2)cc1. The van der Waals surface area contributed by atoms with Gasteiger partial charge in [-0.15, -0.1) is 0 Å². The first-order valence-electron chi connectivity index (χ1n) is 11.6. The highest BCUT2D eigenvalue weighted by molar-refractivity contribution is 5.42. The Morgan fingerprint density at radius 3 is 2.24 bits per heavy atom. The van der Waals surface area contributed by atoms with Crippen molar-refractivity contribution in [3.8, 4) is 5.75 Å². The number of aromatic hydroxyl groups is 1. The van der Waals surface area contributed by atoms with Crippen molar-refractivity contribution in [2.75, 3.05) is 39.3 Å². The van der Waals surface area contributed by atoms with Crippen LogP contribution in [-0.2, 0) is 6.54 Å². The van der Waals surface area contributed by atoms with E-state index >= 15 is 0 Å². The number of aliphatic hydroxyl groups excluding tert-OH is 1. The molecule has 3 aromatic rings. The molecule has 2 N–H and O–H groups in total. The molecule has 1 saturated heterocycles. The lowest BCUT2D eigenvalue weighted by atomic mass is 9.95. The smallest absolute Gasteiger partial charge is 0.259 e. The quantitative estimate of drug-likeness (QED) is 0.583. The van der Waals surface area contributed by atoms with E-state index in [1.54, 1.807) is 10.6 Å². The molecule has 1 atom stereocenters. The van der Waals surface area contributed by atoms with E-state index in [1.807, 2.05) is 44.2 Å². The van der Waals surface area contributed by atoms with Crippen LogP contribution in [0.3, 0.4) is 0 Å². The van der Waals surface area contributed by atoms with E-state index in [0.717, 1.165) is 48.6 Å². The molecule has 1 aliphatic rings. The zero-order chi connectivity index (χ0) is 23.4. The van der Waals surface area contributed by atoms with Crippen LogP contribution in [0.2, 0.25) is 0 Å². The Labute approximate surface area is 195 Å². The Bertz CT molecular complexity index is 1120. The molecule has 0 radical (unpaired) electrons. The summed E-state index contributed by atoms with van der Waals surface area (Å²) in [6, 6.07) is 19.5. The second kappa shape index (κ2) is 10.3. The van der Waals surface area contributed by atoms with Crippen LogP contribution in [0, 0.1) is 13.8 Å². The number of rotatable bonds is 7.